The monoisotopic (exact) mass is 280 g/mol. The van der Waals surface area contributed by atoms with Gasteiger partial charge < -0.3 is 5.32 Å². The molecule has 106 valence electrons. The van der Waals surface area contributed by atoms with Crippen molar-refractivity contribution in [1.29, 1.82) is 0 Å². The number of nitrogens with zero attached hydrogens (tertiary/aromatic N) is 1. The van der Waals surface area contributed by atoms with Crippen LogP contribution in [0.15, 0.2) is 24.3 Å². The molecule has 2 nitrogen and oxygen atoms in total. The molecule has 2 unspecified atom stereocenters. The van der Waals surface area contributed by atoms with Gasteiger partial charge in [0.2, 0.25) is 0 Å². The Bertz CT molecular complexity index is 386. The minimum absolute atomic E-state index is 0.424. The van der Waals surface area contributed by atoms with Gasteiger partial charge in [-0.15, -0.1) is 0 Å². The molecule has 0 radical (unpaired) electrons. The van der Waals surface area contributed by atoms with E-state index < -0.39 is 0 Å². The summed E-state index contributed by atoms with van der Waals surface area (Å²) >= 11 is 5.94. The van der Waals surface area contributed by atoms with Crippen LogP contribution in [0.25, 0.3) is 0 Å². The summed E-state index contributed by atoms with van der Waals surface area (Å²) in [5.41, 5.74) is 1.33. The molecule has 0 heterocycles. The molecule has 1 aliphatic carbocycles. The van der Waals surface area contributed by atoms with Gasteiger partial charge in [0.15, 0.2) is 0 Å². The molecule has 19 heavy (non-hydrogen) atoms. The Hall–Kier alpha value is -0.570. The molecular weight excluding hydrogens is 256 g/mol. The van der Waals surface area contributed by atoms with Crippen LogP contribution < -0.4 is 5.32 Å². The molecule has 1 fully saturated rings. The zero-order chi connectivity index (χ0) is 13.8. The Morgan fingerprint density at radius 1 is 1.26 bits per heavy atom. The lowest BCUT2D eigenvalue weighted by Gasteiger charge is -2.31. The highest BCUT2D eigenvalue weighted by Gasteiger charge is 2.21. The quantitative estimate of drug-likeness (QED) is 0.816. The molecule has 3 heteroatoms. The molecular formula is C16H25ClN2. The van der Waals surface area contributed by atoms with Crippen molar-refractivity contribution in [3.63, 3.8) is 0 Å². The van der Waals surface area contributed by atoms with Crippen LogP contribution in [0.5, 0.6) is 0 Å². The molecule has 1 N–H and O–H groups in total. The number of halogens is 1. The molecule has 2 atom stereocenters. The first kappa shape index (κ1) is 14.8. The van der Waals surface area contributed by atoms with Gasteiger partial charge in [-0.05, 0) is 64.4 Å². The third kappa shape index (κ3) is 4.48. The van der Waals surface area contributed by atoms with E-state index in [1.165, 1.54) is 24.8 Å². The van der Waals surface area contributed by atoms with Gasteiger partial charge in [0.05, 0.1) is 0 Å². The van der Waals surface area contributed by atoms with E-state index in [-0.39, 0.29) is 0 Å². The Labute approximate surface area is 122 Å². The predicted molar refractivity (Wildman–Crippen MR) is 82.7 cm³/mol. The zero-order valence-electron chi connectivity index (χ0n) is 12.2. The Morgan fingerprint density at radius 2 is 1.89 bits per heavy atom. The molecule has 0 bridgehead atoms. The summed E-state index contributed by atoms with van der Waals surface area (Å²) in [6, 6.07) is 10.0. The molecule has 1 aliphatic rings. The van der Waals surface area contributed by atoms with Crippen LogP contribution >= 0.6 is 11.6 Å². The first-order valence-corrected chi connectivity index (χ1v) is 7.66. The van der Waals surface area contributed by atoms with Crippen molar-refractivity contribution in [2.24, 2.45) is 0 Å². The number of rotatable bonds is 7. The smallest absolute Gasteiger partial charge is 0.0406 e. The summed E-state index contributed by atoms with van der Waals surface area (Å²) in [5.74, 6) is 0. The molecule has 1 aromatic rings. The van der Waals surface area contributed by atoms with Crippen LogP contribution in [-0.4, -0.2) is 30.6 Å². The zero-order valence-corrected chi connectivity index (χ0v) is 13.0. The van der Waals surface area contributed by atoms with Gasteiger partial charge in [0, 0.05) is 23.1 Å². The van der Waals surface area contributed by atoms with Crippen LogP contribution in [-0.2, 0) is 0 Å². The van der Waals surface area contributed by atoms with Crippen molar-refractivity contribution < 1.29 is 0 Å². The number of hydrogen-bond donors (Lipinski definition) is 1. The lowest BCUT2D eigenvalue weighted by atomic mass is 10.0. The third-order valence-electron chi connectivity index (χ3n) is 4.23. The Balaban J connectivity index is 1.82. The number of nitrogens with one attached hydrogen (secondary N) is 1. The van der Waals surface area contributed by atoms with Gasteiger partial charge in [-0.3, -0.25) is 4.90 Å². The summed E-state index contributed by atoms with van der Waals surface area (Å²) in [6.45, 7) is 5.69. The highest BCUT2D eigenvalue weighted by molar-refractivity contribution is 6.30. The van der Waals surface area contributed by atoms with Crippen LogP contribution in [0.1, 0.15) is 44.7 Å². The van der Waals surface area contributed by atoms with Crippen LogP contribution in [0, 0.1) is 0 Å². The maximum atomic E-state index is 5.94. The molecule has 1 saturated carbocycles. The second-order valence-electron chi connectivity index (χ2n) is 5.76. The molecule has 1 aromatic carbocycles. The van der Waals surface area contributed by atoms with Crippen molar-refractivity contribution in [1.82, 2.24) is 10.2 Å². The van der Waals surface area contributed by atoms with Crippen molar-refractivity contribution in [2.75, 3.05) is 13.6 Å². The van der Waals surface area contributed by atoms with E-state index in [9.17, 15) is 0 Å². The van der Waals surface area contributed by atoms with Gasteiger partial charge in [0.25, 0.3) is 0 Å². The van der Waals surface area contributed by atoms with E-state index in [0.29, 0.717) is 12.1 Å². The largest absolute Gasteiger partial charge is 0.314 e. The van der Waals surface area contributed by atoms with Crippen molar-refractivity contribution in [3.05, 3.63) is 34.9 Å². The molecule has 0 saturated heterocycles. The summed E-state index contributed by atoms with van der Waals surface area (Å²) in [4.78, 5) is 2.44. The average Bonchev–Trinajstić information content (AvgIpc) is 3.22. The fourth-order valence-electron chi connectivity index (χ4n) is 2.35. The fourth-order valence-corrected chi connectivity index (χ4v) is 2.47. The third-order valence-corrected chi connectivity index (χ3v) is 4.48. The summed E-state index contributed by atoms with van der Waals surface area (Å²) in [7, 11) is 2.21. The topological polar surface area (TPSA) is 15.3 Å². The predicted octanol–water partition coefficient (Wildman–Crippen LogP) is 3.86. The van der Waals surface area contributed by atoms with Crippen LogP contribution in [0.3, 0.4) is 0 Å². The first-order valence-electron chi connectivity index (χ1n) is 7.28. The van der Waals surface area contributed by atoms with Crippen LogP contribution in [0.4, 0.5) is 0 Å². The van der Waals surface area contributed by atoms with Crippen molar-refractivity contribution in [3.8, 4) is 0 Å². The number of benzene rings is 1. The molecule has 0 spiro atoms. The highest BCUT2D eigenvalue weighted by atomic mass is 35.5. The molecule has 0 aromatic heterocycles. The summed E-state index contributed by atoms with van der Waals surface area (Å²) in [6.07, 6.45) is 3.93. The normalized spacial score (nSPS) is 18.6. The van der Waals surface area contributed by atoms with Crippen molar-refractivity contribution in [2.45, 2.75) is 51.2 Å². The van der Waals surface area contributed by atoms with E-state index in [2.05, 4.69) is 43.2 Å². The lowest BCUT2D eigenvalue weighted by molar-refractivity contribution is 0.188. The lowest BCUT2D eigenvalue weighted by Crippen LogP contribution is -2.34. The van der Waals surface area contributed by atoms with E-state index >= 15 is 0 Å². The first-order chi connectivity index (χ1) is 9.08. The molecule has 0 amide bonds. The second kappa shape index (κ2) is 6.74. The van der Waals surface area contributed by atoms with E-state index in [1.54, 1.807) is 0 Å². The van der Waals surface area contributed by atoms with Crippen LogP contribution in [0.2, 0.25) is 5.02 Å². The average molecular weight is 281 g/mol. The minimum atomic E-state index is 0.424. The Morgan fingerprint density at radius 3 is 2.47 bits per heavy atom. The van der Waals surface area contributed by atoms with E-state index in [4.69, 9.17) is 11.6 Å². The second-order valence-corrected chi connectivity index (χ2v) is 6.20. The number of hydrogen-bond acceptors (Lipinski definition) is 2. The SMILES string of the molecule is CC(CCNC1CC1)N(C)C(C)c1ccc(Cl)cc1. The van der Waals surface area contributed by atoms with Crippen molar-refractivity contribution >= 4 is 11.6 Å². The highest BCUT2D eigenvalue weighted by Crippen LogP contribution is 2.23. The molecule has 2 rings (SSSR count). The maximum Gasteiger partial charge on any atom is 0.0406 e. The fraction of sp³-hybridized carbons (Fsp3) is 0.625. The maximum absolute atomic E-state index is 5.94. The molecule has 0 aliphatic heterocycles. The Kier molecular flexibility index (Phi) is 5.26. The van der Waals surface area contributed by atoms with E-state index in [1.807, 2.05) is 12.1 Å². The van der Waals surface area contributed by atoms with Gasteiger partial charge in [0.1, 0.15) is 0 Å². The summed E-state index contributed by atoms with van der Waals surface area (Å²) < 4.78 is 0. The van der Waals surface area contributed by atoms with Gasteiger partial charge in [-0.1, -0.05) is 23.7 Å². The van der Waals surface area contributed by atoms with Gasteiger partial charge in [-0.25, -0.2) is 0 Å². The standard InChI is InChI=1S/C16H25ClN2/c1-12(10-11-18-16-8-9-16)19(3)13(2)14-4-6-15(17)7-5-14/h4-7,12-13,16,18H,8-11H2,1-3H3. The van der Waals surface area contributed by atoms with Gasteiger partial charge in [-0.2, -0.15) is 0 Å². The minimum Gasteiger partial charge on any atom is -0.314 e. The van der Waals surface area contributed by atoms with E-state index in [0.717, 1.165) is 17.6 Å². The van der Waals surface area contributed by atoms with Gasteiger partial charge >= 0.3 is 0 Å². The summed E-state index contributed by atoms with van der Waals surface area (Å²) in [5, 5.41) is 4.39.